The van der Waals surface area contributed by atoms with Crippen LogP contribution in [0, 0.1) is 6.92 Å². The van der Waals surface area contributed by atoms with Gasteiger partial charge in [-0.3, -0.25) is 4.79 Å². The molecule has 40 heavy (non-hydrogen) atoms. The van der Waals surface area contributed by atoms with E-state index in [9.17, 15) is 4.79 Å². The third-order valence-electron chi connectivity index (χ3n) is 6.77. The van der Waals surface area contributed by atoms with Crippen molar-refractivity contribution in [3.63, 3.8) is 0 Å². The van der Waals surface area contributed by atoms with Gasteiger partial charge in [0.25, 0.3) is 5.56 Å². The van der Waals surface area contributed by atoms with Gasteiger partial charge in [-0.1, -0.05) is 32.9 Å². The average Bonchev–Trinajstić information content (AvgIpc) is 2.93. The van der Waals surface area contributed by atoms with E-state index in [1.807, 2.05) is 57.2 Å². The van der Waals surface area contributed by atoms with Crippen LogP contribution in [0.15, 0.2) is 62.9 Å². The van der Waals surface area contributed by atoms with Gasteiger partial charge in [0.05, 0.1) is 36.9 Å². The maximum absolute atomic E-state index is 13.8. The summed E-state index contributed by atoms with van der Waals surface area (Å²) >= 11 is 3.63. The van der Waals surface area contributed by atoms with Gasteiger partial charge in [-0.25, -0.2) is 4.98 Å². The van der Waals surface area contributed by atoms with Gasteiger partial charge >= 0.3 is 0 Å². The third-order valence-corrected chi connectivity index (χ3v) is 7.46. The van der Waals surface area contributed by atoms with Gasteiger partial charge in [0, 0.05) is 15.6 Å². The third kappa shape index (κ3) is 6.07. The Kier molecular flexibility index (Phi) is 9.30. The number of hydrogen-bond acceptors (Lipinski definition) is 6. The molecule has 4 rings (SSSR count). The molecule has 0 fully saturated rings. The summed E-state index contributed by atoms with van der Waals surface area (Å²) < 4.78 is 19.7. The number of para-hydroxylation sites is 1. The first-order valence-electron chi connectivity index (χ1n) is 13.6. The Bertz CT molecular complexity index is 1610. The molecule has 1 heterocycles. The highest BCUT2D eigenvalue weighted by Gasteiger charge is 2.19. The van der Waals surface area contributed by atoms with Gasteiger partial charge in [0.2, 0.25) is 0 Å². The second kappa shape index (κ2) is 12.7. The van der Waals surface area contributed by atoms with E-state index in [0.717, 1.165) is 38.9 Å². The molecule has 0 saturated heterocycles. The number of methoxy groups -OCH3 is 1. The van der Waals surface area contributed by atoms with Crippen LogP contribution >= 0.6 is 15.9 Å². The van der Waals surface area contributed by atoms with E-state index in [-0.39, 0.29) is 17.6 Å². The Hall–Kier alpha value is -3.65. The normalized spacial score (nSPS) is 12.3. The molecule has 1 aromatic heterocycles. The van der Waals surface area contributed by atoms with Crippen LogP contribution in [0.4, 0.5) is 0 Å². The lowest BCUT2D eigenvalue weighted by Crippen LogP contribution is -2.21. The van der Waals surface area contributed by atoms with E-state index in [2.05, 4.69) is 47.9 Å². The predicted octanol–water partition coefficient (Wildman–Crippen LogP) is 7.72. The van der Waals surface area contributed by atoms with Crippen LogP contribution in [0.25, 0.3) is 22.3 Å². The quantitative estimate of drug-likeness (QED) is 0.173. The van der Waals surface area contributed by atoms with Crippen molar-refractivity contribution < 1.29 is 14.2 Å². The summed E-state index contributed by atoms with van der Waals surface area (Å²) in [6.45, 7) is 12.9. The number of ether oxygens (including phenoxy) is 3. The first kappa shape index (κ1) is 29.3. The summed E-state index contributed by atoms with van der Waals surface area (Å²) in [6.07, 6.45) is 2.54. The Morgan fingerprint density at radius 1 is 1.05 bits per heavy atom. The zero-order valence-corrected chi connectivity index (χ0v) is 25.7. The predicted molar refractivity (Wildman–Crippen MR) is 166 cm³/mol. The molecule has 0 aliphatic heterocycles. The van der Waals surface area contributed by atoms with Crippen molar-refractivity contribution in [3.8, 4) is 28.6 Å². The number of rotatable bonds is 10. The Balaban J connectivity index is 1.91. The summed E-state index contributed by atoms with van der Waals surface area (Å²) in [5.41, 5.74) is 3.89. The zero-order valence-electron chi connectivity index (χ0n) is 24.1. The van der Waals surface area contributed by atoms with E-state index >= 15 is 0 Å². The number of aryl methyl sites for hydroxylation is 1. The molecule has 1 atom stereocenters. The van der Waals surface area contributed by atoms with Gasteiger partial charge in [-0.2, -0.15) is 9.78 Å². The van der Waals surface area contributed by atoms with Crippen LogP contribution in [0.5, 0.6) is 17.2 Å². The SMILES string of the molecule is CCOc1cc(C)c(-c2nc3ccccc3c(=O)n2N=Cc2cc(OC)c(O[C@H](C)CC)cc2Br)cc1C(C)C. The molecule has 0 bridgehead atoms. The maximum atomic E-state index is 13.8. The molecular formula is C32H36BrN3O4. The summed E-state index contributed by atoms with van der Waals surface area (Å²) in [6, 6.07) is 15.1. The first-order chi connectivity index (χ1) is 19.2. The average molecular weight is 607 g/mol. The van der Waals surface area contributed by atoms with E-state index < -0.39 is 0 Å². The van der Waals surface area contributed by atoms with Crippen LogP contribution in [0.3, 0.4) is 0 Å². The molecule has 3 aromatic carbocycles. The fraction of sp³-hybridized carbons (Fsp3) is 0.344. The van der Waals surface area contributed by atoms with Gasteiger partial charge in [0.15, 0.2) is 17.3 Å². The van der Waals surface area contributed by atoms with Gasteiger partial charge < -0.3 is 14.2 Å². The fourth-order valence-corrected chi connectivity index (χ4v) is 4.82. The Morgan fingerprint density at radius 3 is 2.48 bits per heavy atom. The van der Waals surface area contributed by atoms with Crippen molar-refractivity contribution >= 4 is 33.0 Å². The molecule has 8 heteroatoms. The molecule has 0 unspecified atom stereocenters. The molecular weight excluding hydrogens is 570 g/mol. The number of aromatic nitrogens is 2. The lowest BCUT2D eigenvalue weighted by molar-refractivity contribution is 0.207. The van der Waals surface area contributed by atoms with Crippen LogP contribution in [-0.4, -0.2) is 35.7 Å². The van der Waals surface area contributed by atoms with Crippen molar-refractivity contribution in [2.24, 2.45) is 5.10 Å². The zero-order chi connectivity index (χ0) is 29.0. The minimum atomic E-state index is -0.254. The van der Waals surface area contributed by atoms with Crippen molar-refractivity contribution in [2.75, 3.05) is 13.7 Å². The minimum Gasteiger partial charge on any atom is -0.494 e. The Labute approximate surface area is 243 Å². The molecule has 0 aliphatic rings. The standard InChI is InChI=1S/C32H36BrN3O4/c1-8-21(6)40-30-17-26(33)22(15-29(30)38-7)18-34-36-31(35-27-13-11-10-12-23(27)32(36)37)25-16-24(19(3)4)28(39-9-2)14-20(25)5/h10-19,21H,8-9H2,1-7H3/t21-/m1/s1. The Morgan fingerprint density at radius 2 is 1.80 bits per heavy atom. The van der Waals surface area contributed by atoms with Crippen molar-refractivity contribution in [2.45, 2.75) is 60.0 Å². The van der Waals surface area contributed by atoms with E-state index in [4.69, 9.17) is 19.2 Å². The summed E-state index contributed by atoms with van der Waals surface area (Å²) in [5, 5.41) is 5.17. The summed E-state index contributed by atoms with van der Waals surface area (Å²) in [5.74, 6) is 2.73. The van der Waals surface area contributed by atoms with Crippen molar-refractivity contribution in [1.29, 1.82) is 0 Å². The summed E-state index contributed by atoms with van der Waals surface area (Å²) in [4.78, 5) is 18.7. The second-order valence-electron chi connectivity index (χ2n) is 9.97. The molecule has 0 amide bonds. The molecule has 0 aliphatic carbocycles. The highest BCUT2D eigenvalue weighted by molar-refractivity contribution is 9.10. The van der Waals surface area contributed by atoms with Crippen LogP contribution < -0.4 is 19.8 Å². The molecule has 210 valence electrons. The highest BCUT2D eigenvalue weighted by Crippen LogP contribution is 2.35. The van der Waals surface area contributed by atoms with Gasteiger partial charge in [-0.15, -0.1) is 0 Å². The minimum absolute atomic E-state index is 0.0400. The van der Waals surface area contributed by atoms with Crippen LogP contribution in [0.1, 0.15) is 63.6 Å². The monoisotopic (exact) mass is 605 g/mol. The molecule has 0 radical (unpaired) electrons. The largest absolute Gasteiger partial charge is 0.494 e. The maximum Gasteiger partial charge on any atom is 0.282 e. The number of benzene rings is 3. The smallest absolute Gasteiger partial charge is 0.282 e. The molecule has 7 nitrogen and oxygen atoms in total. The lowest BCUT2D eigenvalue weighted by Gasteiger charge is -2.18. The fourth-order valence-electron chi connectivity index (χ4n) is 4.40. The molecule has 0 spiro atoms. The van der Waals surface area contributed by atoms with E-state index in [1.54, 1.807) is 19.4 Å². The second-order valence-corrected chi connectivity index (χ2v) is 10.8. The first-order valence-corrected chi connectivity index (χ1v) is 14.4. The van der Waals surface area contributed by atoms with E-state index in [1.165, 1.54) is 4.68 Å². The molecule has 4 aromatic rings. The van der Waals surface area contributed by atoms with Crippen molar-refractivity contribution in [1.82, 2.24) is 9.66 Å². The highest BCUT2D eigenvalue weighted by atomic mass is 79.9. The number of halogens is 1. The number of hydrogen-bond donors (Lipinski definition) is 0. The van der Waals surface area contributed by atoms with E-state index in [0.29, 0.717) is 34.8 Å². The van der Waals surface area contributed by atoms with Crippen molar-refractivity contribution in [3.05, 3.63) is 80.0 Å². The lowest BCUT2D eigenvalue weighted by atomic mass is 9.96. The number of nitrogens with zero attached hydrogens (tertiary/aromatic N) is 3. The van der Waals surface area contributed by atoms with Crippen LogP contribution in [0.2, 0.25) is 0 Å². The molecule has 0 N–H and O–H groups in total. The molecule has 0 saturated carbocycles. The van der Waals surface area contributed by atoms with Gasteiger partial charge in [-0.05, 0) is 96.6 Å². The number of fused-ring (bicyclic) bond motifs is 1. The topological polar surface area (TPSA) is 74.9 Å². The van der Waals surface area contributed by atoms with Gasteiger partial charge in [0.1, 0.15) is 5.75 Å². The van der Waals surface area contributed by atoms with Crippen LogP contribution in [-0.2, 0) is 0 Å². The summed E-state index contributed by atoms with van der Waals surface area (Å²) in [7, 11) is 1.60.